The summed E-state index contributed by atoms with van der Waals surface area (Å²) in [7, 11) is 1.94. The summed E-state index contributed by atoms with van der Waals surface area (Å²) in [6, 6.07) is 4.01. The minimum atomic E-state index is 0.0254. The summed E-state index contributed by atoms with van der Waals surface area (Å²) < 4.78 is 0.890. The third-order valence-electron chi connectivity index (χ3n) is 3.06. The number of hydrogen-bond donors (Lipinski definition) is 1. The van der Waals surface area contributed by atoms with Gasteiger partial charge >= 0.3 is 0 Å². The van der Waals surface area contributed by atoms with Crippen LogP contribution in [0.1, 0.15) is 23.3 Å². The van der Waals surface area contributed by atoms with Crippen LogP contribution in [0.25, 0.3) is 0 Å². The molecule has 0 unspecified atom stereocenters. The van der Waals surface area contributed by atoms with Gasteiger partial charge in [0.05, 0.1) is 0 Å². The molecule has 1 aromatic heterocycles. The summed E-state index contributed by atoms with van der Waals surface area (Å²) in [5, 5.41) is 3.23. The zero-order chi connectivity index (χ0) is 12.3. The summed E-state index contributed by atoms with van der Waals surface area (Å²) in [5.41, 5.74) is 0.518. The molecule has 5 heteroatoms. The maximum Gasteiger partial charge on any atom is 0.272 e. The predicted octanol–water partition coefficient (Wildman–Crippen LogP) is 1.67. The molecule has 1 atom stereocenters. The number of carbonyl (C=O) groups excluding carboxylic acids is 1. The number of amides is 1. The maximum atomic E-state index is 12.2. The molecule has 0 aliphatic carbocycles. The Labute approximate surface area is 110 Å². The molecule has 92 valence electrons. The van der Waals surface area contributed by atoms with Crippen LogP contribution < -0.4 is 5.32 Å². The number of aromatic nitrogens is 1. The Morgan fingerprint density at radius 3 is 3.06 bits per heavy atom. The topological polar surface area (TPSA) is 45.2 Å². The minimum Gasteiger partial charge on any atom is -0.336 e. The van der Waals surface area contributed by atoms with Gasteiger partial charge in [0.15, 0.2) is 0 Å². The normalized spacial score (nSPS) is 20.4. The maximum absolute atomic E-state index is 12.2. The minimum absolute atomic E-state index is 0.0254. The summed E-state index contributed by atoms with van der Waals surface area (Å²) in [4.78, 5) is 18.2. The number of hydrogen-bond acceptors (Lipinski definition) is 3. The van der Waals surface area contributed by atoms with Crippen LogP contribution in [0.2, 0.25) is 0 Å². The van der Waals surface area contributed by atoms with Crippen LogP contribution in [0.5, 0.6) is 0 Å². The number of nitrogens with zero attached hydrogens (tertiary/aromatic N) is 2. The largest absolute Gasteiger partial charge is 0.336 e. The SMILES string of the molecule is CN[C@@H]1CCCN(C(=O)c2ccc(Br)cn2)C1. The van der Waals surface area contributed by atoms with E-state index in [0.717, 1.165) is 30.4 Å². The van der Waals surface area contributed by atoms with Crippen molar-refractivity contribution in [2.45, 2.75) is 18.9 Å². The Morgan fingerprint density at radius 1 is 1.59 bits per heavy atom. The molecular formula is C12H16BrN3O. The van der Waals surface area contributed by atoms with E-state index in [1.54, 1.807) is 12.3 Å². The van der Waals surface area contributed by atoms with E-state index in [-0.39, 0.29) is 5.91 Å². The second-order valence-electron chi connectivity index (χ2n) is 4.24. The average molecular weight is 298 g/mol. The first-order chi connectivity index (χ1) is 8.20. The van der Waals surface area contributed by atoms with Crippen LogP contribution in [0.4, 0.5) is 0 Å². The zero-order valence-corrected chi connectivity index (χ0v) is 11.4. The van der Waals surface area contributed by atoms with E-state index >= 15 is 0 Å². The molecule has 0 spiro atoms. The van der Waals surface area contributed by atoms with Crippen molar-refractivity contribution in [3.05, 3.63) is 28.5 Å². The molecule has 4 nitrogen and oxygen atoms in total. The number of carbonyl (C=O) groups is 1. The van der Waals surface area contributed by atoms with Crippen molar-refractivity contribution in [2.75, 3.05) is 20.1 Å². The molecule has 1 saturated heterocycles. The predicted molar refractivity (Wildman–Crippen MR) is 69.9 cm³/mol. The molecule has 2 heterocycles. The molecule has 1 aliphatic rings. The molecule has 1 aliphatic heterocycles. The fourth-order valence-corrected chi connectivity index (χ4v) is 2.30. The lowest BCUT2D eigenvalue weighted by Gasteiger charge is -2.32. The highest BCUT2D eigenvalue weighted by Crippen LogP contribution is 2.14. The van der Waals surface area contributed by atoms with Gasteiger partial charge in [0, 0.05) is 29.8 Å². The Kier molecular flexibility index (Phi) is 4.12. The molecule has 1 fully saturated rings. The molecular weight excluding hydrogens is 282 g/mol. The first-order valence-corrected chi connectivity index (χ1v) is 6.58. The quantitative estimate of drug-likeness (QED) is 0.903. The van der Waals surface area contributed by atoms with Crippen LogP contribution in [-0.4, -0.2) is 42.0 Å². The molecule has 2 rings (SSSR count). The van der Waals surface area contributed by atoms with Crippen molar-refractivity contribution < 1.29 is 4.79 Å². The van der Waals surface area contributed by atoms with Gasteiger partial charge in [-0.05, 0) is 48.0 Å². The Balaban J connectivity index is 2.06. The molecule has 17 heavy (non-hydrogen) atoms. The van der Waals surface area contributed by atoms with E-state index < -0.39 is 0 Å². The number of pyridine rings is 1. The van der Waals surface area contributed by atoms with Crippen molar-refractivity contribution in [2.24, 2.45) is 0 Å². The fourth-order valence-electron chi connectivity index (χ4n) is 2.06. The molecule has 1 aromatic rings. The van der Waals surface area contributed by atoms with Gasteiger partial charge < -0.3 is 10.2 Å². The van der Waals surface area contributed by atoms with E-state index in [1.165, 1.54) is 0 Å². The van der Waals surface area contributed by atoms with E-state index in [1.807, 2.05) is 18.0 Å². The third kappa shape index (κ3) is 3.04. The third-order valence-corrected chi connectivity index (χ3v) is 3.53. The van der Waals surface area contributed by atoms with Gasteiger partial charge in [-0.25, -0.2) is 4.98 Å². The highest BCUT2D eigenvalue weighted by Gasteiger charge is 2.23. The number of rotatable bonds is 2. The van der Waals surface area contributed by atoms with Crippen molar-refractivity contribution in [3.63, 3.8) is 0 Å². The smallest absolute Gasteiger partial charge is 0.272 e. The van der Waals surface area contributed by atoms with Gasteiger partial charge in [-0.3, -0.25) is 4.79 Å². The molecule has 0 aromatic carbocycles. The second kappa shape index (κ2) is 5.60. The summed E-state index contributed by atoms with van der Waals surface area (Å²) in [5.74, 6) is 0.0254. The Hall–Kier alpha value is -0.940. The van der Waals surface area contributed by atoms with Gasteiger partial charge in [0.25, 0.3) is 5.91 Å². The summed E-state index contributed by atoms with van der Waals surface area (Å²) in [6.07, 6.45) is 3.84. The highest BCUT2D eigenvalue weighted by molar-refractivity contribution is 9.10. The second-order valence-corrected chi connectivity index (χ2v) is 5.16. The number of nitrogens with one attached hydrogen (secondary N) is 1. The van der Waals surface area contributed by atoms with Crippen LogP contribution >= 0.6 is 15.9 Å². The van der Waals surface area contributed by atoms with Gasteiger partial charge in [0.1, 0.15) is 5.69 Å². The number of likely N-dealkylation sites (tertiary alicyclic amines) is 1. The van der Waals surface area contributed by atoms with Crippen molar-refractivity contribution >= 4 is 21.8 Å². The lowest BCUT2D eigenvalue weighted by Crippen LogP contribution is -2.47. The van der Waals surface area contributed by atoms with E-state index in [0.29, 0.717) is 11.7 Å². The highest BCUT2D eigenvalue weighted by atomic mass is 79.9. The average Bonchev–Trinajstić information content (AvgIpc) is 2.39. The van der Waals surface area contributed by atoms with Crippen LogP contribution in [0.15, 0.2) is 22.8 Å². The van der Waals surface area contributed by atoms with Crippen LogP contribution in [0.3, 0.4) is 0 Å². The van der Waals surface area contributed by atoms with Gasteiger partial charge in [0.2, 0.25) is 0 Å². The Morgan fingerprint density at radius 2 is 2.41 bits per heavy atom. The summed E-state index contributed by atoms with van der Waals surface area (Å²) >= 11 is 3.31. The van der Waals surface area contributed by atoms with Gasteiger partial charge in [-0.2, -0.15) is 0 Å². The lowest BCUT2D eigenvalue weighted by atomic mass is 10.1. The van der Waals surface area contributed by atoms with E-state index in [9.17, 15) is 4.79 Å². The van der Waals surface area contributed by atoms with Gasteiger partial charge in [-0.15, -0.1) is 0 Å². The monoisotopic (exact) mass is 297 g/mol. The van der Waals surface area contributed by atoms with Gasteiger partial charge in [-0.1, -0.05) is 0 Å². The van der Waals surface area contributed by atoms with E-state index in [4.69, 9.17) is 0 Å². The van der Waals surface area contributed by atoms with Crippen LogP contribution in [-0.2, 0) is 0 Å². The fraction of sp³-hybridized carbons (Fsp3) is 0.500. The van der Waals surface area contributed by atoms with Crippen molar-refractivity contribution in [3.8, 4) is 0 Å². The van der Waals surface area contributed by atoms with E-state index in [2.05, 4.69) is 26.2 Å². The van der Waals surface area contributed by atoms with Crippen LogP contribution in [0, 0.1) is 0 Å². The standard InChI is InChI=1S/C12H16BrN3O/c1-14-10-3-2-6-16(8-10)12(17)11-5-4-9(13)7-15-11/h4-5,7,10,14H,2-3,6,8H2,1H3/t10-/m1/s1. The molecule has 1 N–H and O–H groups in total. The number of likely N-dealkylation sites (N-methyl/N-ethyl adjacent to an activating group) is 1. The molecule has 1 amide bonds. The summed E-state index contributed by atoms with van der Waals surface area (Å²) in [6.45, 7) is 1.60. The molecule has 0 saturated carbocycles. The first kappa shape index (κ1) is 12.5. The van der Waals surface area contributed by atoms with Crippen molar-refractivity contribution in [1.82, 2.24) is 15.2 Å². The molecule has 0 radical (unpaired) electrons. The first-order valence-electron chi connectivity index (χ1n) is 5.79. The lowest BCUT2D eigenvalue weighted by molar-refractivity contribution is 0.0692. The van der Waals surface area contributed by atoms with Crippen molar-refractivity contribution in [1.29, 1.82) is 0 Å². The molecule has 0 bridgehead atoms. The number of piperidine rings is 1. The number of halogens is 1. The Bertz CT molecular complexity index is 393. The zero-order valence-electron chi connectivity index (χ0n) is 9.82.